The van der Waals surface area contributed by atoms with Gasteiger partial charge in [0.25, 0.3) is 5.91 Å². The van der Waals surface area contributed by atoms with Crippen molar-refractivity contribution in [3.63, 3.8) is 0 Å². The zero-order valence-corrected chi connectivity index (χ0v) is 12.2. The second-order valence-corrected chi connectivity index (χ2v) is 6.11. The van der Waals surface area contributed by atoms with Gasteiger partial charge in [-0.05, 0) is 41.5 Å². The number of rotatable bonds is 2. The first-order chi connectivity index (χ1) is 9.65. The molecular weight excluding hydrogens is 270 g/mol. The van der Waals surface area contributed by atoms with E-state index in [4.69, 9.17) is 0 Å². The van der Waals surface area contributed by atoms with Crippen LogP contribution in [-0.2, 0) is 13.0 Å². The van der Waals surface area contributed by atoms with Gasteiger partial charge in [0.15, 0.2) is 0 Å². The van der Waals surface area contributed by atoms with Crippen LogP contribution in [0.2, 0.25) is 0 Å². The van der Waals surface area contributed by atoms with Crippen LogP contribution in [-0.4, -0.2) is 22.5 Å². The Hall–Kier alpha value is -1.65. The van der Waals surface area contributed by atoms with E-state index in [-0.39, 0.29) is 5.91 Å². The number of carbonyl (C=O) groups is 1. The second kappa shape index (κ2) is 5.38. The number of carbonyl (C=O) groups excluding carboxylic acids is 1. The Morgan fingerprint density at radius 2 is 2.20 bits per heavy atom. The lowest BCUT2D eigenvalue weighted by Crippen LogP contribution is -2.35. The first-order valence-electron chi connectivity index (χ1n) is 6.77. The summed E-state index contributed by atoms with van der Waals surface area (Å²) in [5.41, 5.74) is 3.35. The SMILES string of the molecule is CC(O)c1ccc2c(c1)CN(C(=O)c1cccs1)CC2. The predicted molar refractivity (Wildman–Crippen MR) is 79.8 cm³/mol. The van der Waals surface area contributed by atoms with E-state index < -0.39 is 6.10 Å². The first-order valence-corrected chi connectivity index (χ1v) is 7.65. The smallest absolute Gasteiger partial charge is 0.264 e. The van der Waals surface area contributed by atoms with Crippen molar-refractivity contribution in [2.45, 2.75) is 26.0 Å². The summed E-state index contributed by atoms with van der Waals surface area (Å²) < 4.78 is 0. The zero-order chi connectivity index (χ0) is 14.1. The maximum absolute atomic E-state index is 12.4. The van der Waals surface area contributed by atoms with E-state index in [2.05, 4.69) is 6.07 Å². The van der Waals surface area contributed by atoms with E-state index in [1.54, 1.807) is 6.92 Å². The van der Waals surface area contributed by atoms with Gasteiger partial charge in [-0.1, -0.05) is 24.3 Å². The maximum atomic E-state index is 12.4. The molecule has 1 aromatic heterocycles. The molecule has 20 heavy (non-hydrogen) atoms. The summed E-state index contributed by atoms with van der Waals surface area (Å²) in [7, 11) is 0. The van der Waals surface area contributed by atoms with Crippen LogP contribution >= 0.6 is 11.3 Å². The van der Waals surface area contributed by atoms with Crippen LogP contribution in [0.3, 0.4) is 0 Å². The monoisotopic (exact) mass is 287 g/mol. The molecule has 0 saturated carbocycles. The van der Waals surface area contributed by atoms with Gasteiger partial charge in [-0.25, -0.2) is 0 Å². The Balaban J connectivity index is 1.84. The number of aliphatic hydroxyl groups excluding tert-OH is 1. The summed E-state index contributed by atoms with van der Waals surface area (Å²) in [6.07, 6.45) is 0.413. The number of benzene rings is 1. The molecule has 0 radical (unpaired) electrons. The largest absolute Gasteiger partial charge is 0.389 e. The zero-order valence-electron chi connectivity index (χ0n) is 11.4. The molecule has 3 rings (SSSR count). The number of fused-ring (bicyclic) bond motifs is 1. The number of aliphatic hydroxyl groups is 1. The molecular formula is C16H17NO2S. The van der Waals surface area contributed by atoms with Crippen molar-refractivity contribution >= 4 is 17.2 Å². The third-order valence-electron chi connectivity index (χ3n) is 3.74. The summed E-state index contributed by atoms with van der Waals surface area (Å²) in [5, 5.41) is 11.6. The van der Waals surface area contributed by atoms with Crippen molar-refractivity contribution in [3.8, 4) is 0 Å². The molecule has 2 heterocycles. The van der Waals surface area contributed by atoms with Gasteiger partial charge in [0.2, 0.25) is 0 Å². The molecule has 2 aromatic rings. The van der Waals surface area contributed by atoms with E-state index in [0.29, 0.717) is 6.54 Å². The van der Waals surface area contributed by atoms with Gasteiger partial charge in [-0.15, -0.1) is 11.3 Å². The van der Waals surface area contributed by atoms with Gasteiger partial charge in [-0.2, -0.15) is 0 Å². The van der Waals surface area contributed by atoms with Gasteiger partial charge in [0.05, 0.1) is 11.0 Å². The molecule has 3 nitrogen and oxygen atoms in total. The maximum Gasteiger partial charge on any atom is 0.264 e. The van der Waals surface area contributed by atoms with Gasteiger partial charge >= 0.3 is 0 Å². The average Bonchev–Trinajstić information content (AvgIpc) is 2.99. The molecule has 1 aromatic carbocycles. The lowest BCUT2D eigenvalue weighted by atomic mass is 9.96. The number of hydrogen-bond donors (Lipinski definition) is 1. The van der Waals surface area contributed by atoms with E-state index in [1.807, 2.05) is 34.5 Å². The molecule has 1 atom stereocenters. The van der Waals surface area contributed by atoms with Crippen LogP contribution in [0.15, 0.2) is 35.7 Å². The minimum Gasteiger partial charge on any atom is -0.389 e. The Bertz CT molecular complexity index is 619. The van der Waals surface area contributed by atoms with Crippen molar-refractivity contribution < 1.29 is 9.90 Å². The highest BCUT2D eigenvalue weighted by molar-refractivity contribution is 7.12. The lowest BCUT2D eigenvalue weighted by molar-refractivity contribution is 0.0739. The summed E-state index contributed by atoms with van der Waals surface area (Å²) in [4.78, 5) is 15.1. The molecule has 4 heteroatoms. The predicted octanol–water partition coefficient (Wildman–Crippen LogP) is 3.00. The average molecular weight is 287 g/mol. The minimum atomic E-state index is -0.469. The van der Waals surface area contributed by atoms with Gasteiger partial charge < -0.3 is 10.0 Å². The van der Waals surface area contributed by atoms with Crippen LogP contribution in [0.1, 0.15) is 39.4 Å². The summed E-state index contributed by atoms with van der Waals surface area (Å²) in [6, 6.07) is 9.84. The Morgan fingerprint density at radius 3 is 2.90 bits per heavy atom. The number of thiophene rings is 1. The minimum absolute atomic E-state index is 0.105. The fourth-order valence-electron chi connectivity index (χ4n) is 2.57. The molecule has 1 aliphatic heterocycles. The molecule has 0 fully saturated rings. The van der Waals surface area contributed by atoms with Crippen molar-refractivity contribution in [1.29, 1.82) is 0 Å². The van der Waals surface area contributed by atoms with Crippen LogP contribution in [0.25, 0.3) is 0 Å². The van der Waals surface area contributed by atoms with E-state index in [9.17, 15) is 9.90 Å². The summed E-state index contributed by atoms with van der Waals surface area (Å²) in [5.74, 6) is 0.105. The Kier molecular flexibility index (Phi) is 3.59. The molecule has 0 aliphatic carbocycles. The van der Waals surface area contributed by atoms with E-state index in [1.165, 1.54) is 16.9 Å². The highest BCUT2D eigenvalue weighted by Gasteiger charge is 2.22. The topological polar surface area (TPSA) is 40.5 Å². The van der Waals surface area contributed by atoms with Crippen molar-refractivity contribution in [2.24, 2.45) is 0 Å². The van der Waals surface area contributed by atoms with Crippen molar-refractivity contribution in [1.82, 2.24) is 4.90 Å². The molecule has 1 unspecified atom stereocenters. The normalized spacial score (nSPS) is 15.8. The van der Waals surface area contributed by atoms with Gasteiger partial charge in [0.1, 0.15) is 0 Å². The highest BCUT2D eigenvalue weighted by atomic mass is 32.1. The van der Waals surface area contributed by atoms with Crippen LogP contribution in [0.5, 0.6) is 0 Å². The molecule has 0 bridgehead atoms. The Labute approximate surface area is 122 Å². The summed E-state index contributed by atoms with van der Waals surface area (Å²) >= 11 is 1.48. The van der Waals surface area contributed by atoms with Crippen LogP contribution in [0, 0.1) is 0 Å². The van der Waals surface area contributed by atoms with E-state index in [0.717, 1.165) is 29.0 Å². The van der Waals surface area contributed by atoms with Crippen molar-refractivity contribution in [2.75, 3.05) is 6.54 Å². The molecule has 1 amide bonds. The third kappa shape index (κ3) is 2.49. The molecule has 1 aliphatic rings. The lowest BCUT2D eigenvalue weighted by Gasteiger charge is -2.29. The molecule has 0 saturated heterocycles. The second-order valence-electron chi connectivity index (χ2n) is 5.16. The highest BCUT2D eigenvalue weighted by Crippen LogP contribution is 2.25. The van der Waals surface area contributed by atoms with Gasteiger partial charge in [-0.3, -0.25) is 4.79 Å². The fourth-order valence-corrected chi connectivity index (χ4v) is 3.26. The summed E-state index contributed by atoms with van der Waals surface area (Å²) in [6.45, 7) is 3.16. The van der Waals surface area contributed by atoms with Crippen molar-refractivity contribution in [3.05, 3.63) is 57.3 Å². The van der Waals surface area contributed by atoms with Gasteiger partial charge in [0, 0.05) is 13.1 Å². The molecule has 1 N–H and O–H groups in total. The quantitative estimate of drug-likeness (QED) is 0.922. The standard InChI is InChI=1S/C16H17NO2S/c1-11(18)13-5-4-12-6-7-17(10-14(12)9-13)16(19)15-3-2-8-20-15/h2-5,8-9,11,18H,6-7,10H2,1H3. The third-order valence-corrected chi connectivity index (χ3v) is 4.60. The number of nitrogens with zero attached hydrogens (tertiary/aromatic N) is 1. The fraction of sp³-hybridized carbons (Fsp3) is 0.312. The van der Waals surface area contributed by atoms with Crippen LogP contribution in [0.4, 0.5) is 0 Å². The number of hydrogen-bond acceptors (Lipinski definition) is 3. The van der Waals surface area contributed by atoms with Crippen LogP contribution < -0.4 is 0 Å². The molecule has 104 valence electrons. The number of amides is 1. The molecule has 0 spiro atoms. The van der Waals surface area contributed by atoms with E-state index >= 15 is 0 Å². The Morgan fingerprint density at radius 1 is 1.35 bits per heavy atom. The first kappa shape index (κ1) is 13.3.